The highest BCUT2D eigenvalue weighted by Crippen LogP contribution is 2.32. The van der Waals surface area contributed by atoms with Crippen molar-refractivity contribution in [3.8, 4) is 0 Å². The van der Waals surface area contributed by atoms with Crippen LogP contribution in [0.4, 0.5) is 10.1 Å². The van der Waals surface area contributed by atoms with E-state index in [1.165, 1.54) is 44.2 Å². The van der Waals surface area contributed by atoms with E-state index in [0.29, 0.717) is 11.6 Å². The molecule has 0 radical (unpaired) electrons. The summed E-state index contributed by atoms with van der Waals surface area (Å²) in [5, 5.41) is 0. The maximum atomic E-state index is 13.4. The Balaban J connectivity index is 2.17. The van der Waals surface area contributed by atoms with Gasteiger partial charge < -0.3 is 10.6 Å². The average molecular weight is 294 g/mol. The van der Waals surface area contributed by atoms with Crippen LogP contribution in [0.25, 0.3) is 0 Å². The molecule has 0 heterocycles. The van der Waals surface area contributed by atoms with Gasteiger partial charge in [-0.3, -0.25) is 0 Å². The molecule has 110 valence electrons. The highest BCUT2D eigenvalue weighted by Gasteiger charge is 2.24. The van der Waals surface area contributed by atoms with E-state index in [9.17, 15) is 4.39 Å². The lowest BCUT2D eigenvalue weighted by Gasteiger charge is -2.36. The van der Waals surface area contributed by atoms with Gasteiger partial charge in [0.15, 0.2) is 0 Å². The number of nitrogens with two attached hydrogens (primary N) is 1. The highest BCUT2D eigenvalue weighted by molar-refractivity contribution is 7.80. The maximum Gasteiger partial charge on any atom is 0.124 e. The number of anilines is 1. The van der Waals surface area contributed by atoms with Gasteiger partial charge in [-0.05, 0) is 49.8 Å². The van der Waals surface area contributed by atoms with Crippen molar-refractivity contribution in [3.63, 3.8) is 0 Å². The molecule has 2 rings (SSSR count). The Labute approximate surface area is 126 Å². The van der Waals surface area contributed by atoms with Gasteiger partial charge in [0.2, 0.25) is 0 Å². The van der Waals surface area contributed by atoms with Gasteiger partial charge in [0.25, 0.3) is 0 Å². The molecule has 0 aliphatic heterocycles. The average Bonchev–Trinajstić information content (AvgIpc) is 2.46. The van der Waals surface area contributed by atoms with Gasteiger partial charge >= 0.3 is 0 Å². The summed E-state index contributed by atoms with van der Waals surface area (Å²) in [6, 6.07) is 5.20. The molecule has 20 heavy (non-hydrogen) atoms. The van der Waals surface area contributed by atoms with Crippen molar-refractivity contribution < 1.29 is 4.39 Å². The SMILES string of the molecule is CCC1CCC(N(C)c2ccc(F)cc2C(N)=S)CC1. The monoisotopic (exact) mass is 294 g/mol. The molecule has 1 saturated carbocycles. The van der Waals surface area contributed by atoms with E-state index in [1.54, 1.807) is 6.07 Å². The molecule has 1 aromatic rings. The normalized spacial score (nSPS) is 22.6. The summed E-state index contributed by atoms with van der Waals surface area (Å²) in [5.41, 5.74) is 7.31. The Hall–Kier alpha value is -1.16. The molecular formula is C16H23FN2S. The van der Waals surface area contributed by atoms with Gasteiger partial charge in [0, 0.05) is 24.3 Å². The molecule has 0 spiro atoms. The summed E-state index contributed by atoms with van der Waals surface area (Å²) in [4.78, 5) is 2.48. The van der Waals surface area contributed by atoms with Crippen LogP contribution in [0.2, 0.25) is 0 Å². The molecule has 1 aliphatic rings. The van der Waals surface area contributed by atoms with Gasteiger partial charge in [-0.2, -0.15) is 0 Å². The van der Waals surface area contributed by atoms with Crippen molar-refractivity contribution in [2.24, 2.45) is 11.7 Å². The first-order chi connectivity index (χ1) is 9.52. The standard InChI is InChI=1S/C16H23FN2S/c1-3-11-4-7-13(8-5-11)19(2)15-9-6-12(17)10-14(15)16(18)20/h6,9-11,13H,3-5,7-8H2,1-2H3,(H2,18,20). The molecule has 0 aromatic heterocycles. The van der Waals surface area contributed by atoms with E-state index in [-0.39, 0.29) is 10.8 Å². The van der Waals surface area contributed by atoms with Crippen LogP contribution in [-0.4, -0.2) is 18.1 Å². The van der Waals surface area contributed by atoms with Crippen LogP contribution in [0.15, 0.2) is 18.2 Å². The van der Waals surface area contributed by atoms with E-state index < -0.39 is 0 Å². The van der Waals surface area contributed by atoms with Crippen molar-refractivity contribution in [3.05, 3.63) is 29.6 Å². The van der Waals surface area contributed by atoms with Gasteiger partial charge in [-0.1, -0.05) is 25.6 Å². The molecule has 1 aliphatic carbocycles. The minimum Gasteiger partial charge on any atom is -0.389 e. The summed E-state index contributed by atoms with van der Waals surface area (Å²) in [7, 11) is 2.06. The van der Waals surface area contributed by atoms with Crippen LogP contribution in [0.3, 0.4) is 0 Å². The largest absolute Gasteiger partial charge is 0.389 e. The van der Waals surface area contributed by atoms with E-state index in [2.05, 4.69) is 18.9 Å². The number of rotatable bonds is 4. The topological polar surface area (TPSA) is 29.3 Å². The lowest BCUT2D eigenvalue weighted by molar-refractivity contribution is 0.313. The zero-order valence-electron chi connectivity index (χ0n) is 12.2. The zero-order chi connectivity index (χ0) is 14.7. The highest BCUT2D eigenvalue weighted by atomic mass is 32.1. The molecule has 4 heteroatoms. The van der Waals surface area contributed by atoms with Gasteiger partial charge in [0.05, 0.1) is 0 Å². The van der Waals surface area contributed by atoms with Crippen LogP contribution in [0.5, 0.6) is 0 Å². The minimum absolute atomic E-state index is 0.258. The Bertz CT molecular complexity index is 481. The molecule has 0 atom stereocenters. The van der Waals surface area contributed by atoms with Crippen molar-refractivity contribution >= 4 is 22.9 Å². The van der Waals surface area contributed by atoms with E-state index in [1.807, 2.05) is 0 Å². The van der Waals surface area contributed by atoms with Crippen LogP contribution >= 0.6 is 12.2 Å². The van der Waals surface area contributed by atoms with Crippen LogP contribution < -0.4 is 10.6 Å². The van der Waals surface area contributed by atoms with Crippen LogP contribution in [0.1, 0.15) is 44.6 Å². The molecule has 2 nitrogen and oxygen atoms in total. The third kappa shape index (κ3) is 3.29. The minimum atomic E-state index is -0.292. The summed E-state index contributed by atoms with van der Waals surface area (Å²) in [5.74, 6) is 0.572. The number of nitrogens with zero attached hydrogens (tertiary/aromatic N) is 1. The van der Waals surface area contributed by atoms with E-state index >= 15 is 0 Å². The Morgan fingerprint density at radius 3 is 2.55 bits per heavy atom. The molecule has 2 N–H and O–H groups in total. The van der Waals surface area contributed by atoms with Gasteiger partial charge in [0.1, 0.15) is 10.8 Å². The van der Waals surface area contributed by atoms with Crippen molar-refractivity contribution in [1.29, 1.82) is 0 Å². The number of hydrogen-bond donors (Lipinski definition) is 1. The van der Waals surface area contributed by atoms with Gasteiger partial charge in [-0.15, -0.1) is 0 Å². The smallest absolute Gasteiger partial charge is 0.124 e. The second-order valence-corrected chi connectivity index (χ2v) is 6.16. The van der Waals surface area contributed by atoms with E-state index in [4.69, 9.17) is 18.0 Å². The van der Waals surface area contributed by atoms with Crippen molar-refractivity contribution in [2.75, 3.05) is 11.9 Å². The van der Waals surface area contributed by atoms with Crippen LogP contribution in [0, 0.1) is 11.7 Å². The first-order valence-electron chi connectivity index (χ1n) is 7.35. The molecule has 0 saturated heterocycles. The lowest BCUT2D eigenvalue weighted by atomic mass is 9.84. The van der Waals surface area contributed by atoms with E-state index in [0.717, 1.165) is 11.6 Å². The fraction of sp³-hybridized carbons (Fsp3) is 0.562. The Morgan fingerprint density at radius 1 is 1.35 bits per heavy atom. The molecule has 1 aromatic carbocycles. The number of halogens is 1. The predicted molar refractivity (Wildman–Crippen MR) is 86.7 cm³/mol. The molecule has 0 amide bonds. The van der Waals surface area contributed by atoms with Crippen molar-refractivity contribution in [1.82, 2.24) is 0 Å². The number of benzene rings is 1. The number of thiocarbonyl (C=S) groups is 1. The summed E-state index contributed by atoms with van der Waals surface area (Å²) in [6.45, 7) is 2.26. The third-order valence-electron chi connectivity index (χ3n) is 4.55. The zero-order valence-corrected chi connectivity index (χ0v) is 13.0. The second kappa shape index (κ2) is 6.53. The van der Waals surface area contributed by atoms with Crippen LogP contribution in [-0.2, 0) is 0 Å². The Kier molecular flexibility index (Phi) is 4.97. The predicted octanol–water partition coefficient (Wildman–Crippen LogP) is 3.86. The first-order valence-corrected chi connectivity index (χ1v) is 7.76. The second-order valence-electron chi connectivity index (χ2n) is 5.72. The number of hydrogen-bond acceptors (Lipinski definition) is 2. The maximum absolute atomic E-state index is 13.4. The molecule has 1 fully saturated rings. The quantitative estimate of drug-likeness (QED) is 0.855. The summed E-state index contributed by atoms with van der Waals surface area (Å²) < 4.78 is 13.4. The van der Waals surface area contributed by atoms with Gasteiger partial charge in [-0.25, -0.2) is 4.39 Å². The first kappa shape index (κ1) is 15.2. The summed E-state index contributed by atoms with van der Waals surface area (Å²) >= 11 is 5.05. The molecular weight excluding hydrogens is 271 g/mol. The fourth-order valence-electron chi connectivity index (χ4n) is 3.15. The summed E-state index contributed by atoms with van der Waals surface area (Å²) in [6.07, 6.45) is 6.18. The molecule has 0 bridgehead atoms. The Morgan fingerprint density at radius 2 is 2.00 bits per heavy atom. The van der Waals surface area contributed by atoms with Crippen molar-refractivity contribution in [2.45, 2.75) is 45.1 Å². The fourth-order valence-corrected chi connectivity index (χ4v) is 3.31. The third-order valence-corrected chi connectivity index (χ3v) is 4.77. The lowest BCUT2D eigenvalue weighted by Crippen LogP contribution is -2.36. The molecule has 0 unspecified atom stereocenters.